The summed E-state index contributed by atoms with van der Waals surface area (Å²) in [7, 11) is 0. The first-order chi connectivity index (χ1) is 7.72. The minimum atomic E-state index is 0.492. The Morgan fingerprint density at radius 1 is 1.44 bits per heavy atom. The fourth-order valence-corrected chi connectivity index (χ4v) is 2.84. The van der Waals surface area contributed by atoms with Gasteiger partial charge in [-0.25, -0.2) is 0 Å². The molecule has 0 saturated heterocycles. The molecule has 16 heavy (non-hydrogen) atoms. The van der Waals surface area contributed by atoms with Crippen molar-refractivity contribution in [3.63, 3.8) is 0 Å². The van der Waals surface area contributed by atoms with Crippen LogP contribution >= 0.6 is 15.9 Å². The largest absolute Gasteiger partial charge is 0.459 e. The van der Waals surface area contributed by atoms with Crippen molar-refractivity contribution in [2.24, 2.45) is 5.73 Å². The highest BCUT2D eigenvalue weighted by Gasteiger charge is 2.31. The zero-order valence-electron chi connectivity index (χ0n) is 9.22. The van der Waals surface area contributed by atoms with E-state index in [4.69, 9.17) is 10.2 Å². The minimum Gasteiger partial charge on any atom is -0.459 e. The number of nitrogens with two attached hydrogens (primary N) is 1. The van der Waals surface area contributed by atoms with Gasteiger partial charge in [-0.05, 0) is 37.3 Å². The van der Waals surface area contributed by atoms with Crippen LogP contribution in [0.3, 0.4) is 0 Å². The molecule has 0 bridgehead atoms. The average molecular weight is 280 g/mol. The van der Waals surface area contributed by atoms with Crippen LogP contribution in [0.4, 0.5) is 0 Å². The number of furan rings is 1. The van der Waals surface area contributed by atoms with Gasteiger partial charge in [0.1, 0.15) is 11.3 Å². The molecule has 1 aromatic carbocycles. The first kappa shape index (κ1) is 10.4. The monoisotopic (exact) mass is 279 g/mol. The first-order valence-electron chi connectivity index (χ1n) is 5.62. The Morgan fingerprint density at radius 2 is 2.19 bits per heavy atom. The summed E-state index contributed by atoms with van der Waals surface area (Å²) >= 11 is 3.62. The van der Waals surface area contributed by atoms with Gasteiger partial charge >= 0.3 is 0 Å². The molecular formula is C13H14BrNO. The first-order valence-corrected chi connectivity index (χ1v) is 6.42. The van der Waals surface area contributed by atoms with Crippen LogP contribution < -0.4 is 5.73 Å². The van der Waals surface area contributed by atoms with Gasteiger partial charge in [-0.2, -0.15) is 0 Å². The van der Waals surface area contributed by atoms with Gasteiger partial charge in [0.15, 0.2) is 0 Å². The Bertz CT molecular complexity index is 555. The molecule has 2 nitrogen and oxygen atoms in total. The van der Waals surface area contributed by atoms with Gasteiger partial charge in [-0.3, -0.25) is 0 Å². The lowest BCUT2D eigenvalue weighted by atomic mass is 10.0. The third kappa shape index (κ3) is 1.42. The molecule has 1 aromatic heterocycles. The molecule has 1 aliphatic carbocycles. The number of hydrogen-bond acceptors (Lipinski definition) is 2. The number of hydrogen-bond donors (Lipinski definition) is 1. The quantitative estimate of drug-likeness (QED) is 0.907. The summed E-state index contributed by atoms with van der Waals surface area (Å²) in [6.07, 6.45) is 2.53. The van der Waals surface area contributed by atoms with E-state index >= 15 is 0 Å². The molecule has 0 amide bonds. The highest BCUT2D eigenvalue weighted by Crippen LogP contribution is 2.48. The van der Waals surface area contributed by atoms with Gasteiger partial charge in [-0.1, -0.05) is 22.0 Å². The number of halogens is 1. The van der Waals surface area contributed by atoms with Crippen molar-refractivity contribution in [2.45, 2.75) is 32.2 Å². The summed E-state index contributed by atoms with van der Waals surface area (Å²) in [5.74, 6) is 1.63. The average Bonchev–Trinajstić information content (AvgIpc) is 3.03. The molecule has 1 fully saturated rings. The van der Waals surface area contributed by atoms with Crippen molar-refractivity contribution in [2.75, 3.05) is 0 Å². The molecule has 0 atom stereocenters. The van der Waals surface area contributed by atoms with Gasteiger partial charge < -0.3 is 10.2 Å². The maximum atomic E-state index is 5.91. The van der Waals surface area contributed by atoms with Crippen LogP contribution in [-0.2, 0) is 6.54 Å². The van der Waals surface area contributed by atoms with Crippen LogP contribution in [0.1, 0.15) is 35.6 Å². The maximum Gasteiger partial charge on any atom is 0.138 e. The van der Waals surface area contributed by atoms with E-state index in [1.54, 1.807) is 0 Å². The van der Waals surface area contributed by atoms with Crippen molar-refractivity contribution in [1.29, 1.82) is 0 Å². The summed E-state index contributed by atoms with van der Waals surface area (Å²) in [6.45, 7) is 2.57. The van der Waals surface area contributed by atoms with Crippen LogP contribution in [0.15, 0.2) is 21.0 Å². The molecule has 1 heterocycles. The van der Waals surface area contributed by atoms with Gasteiger partial charge in [0.05, 0.1) is 6.54 Å². The van der Waals surface area contributed by atoms with E-state index < -0.39 is 0 Å². The van der Waals surface area contributed by atoms with E-state index in [-0.39, 0.29) is 0 Å². The molecule has 0 aliphatic heterocycles. The number of benzene rings is 1. The van der Waals surface area contributed by atoms with Crippen LogP contribution in [-0.4, -0.2) is 0 Å². The van der Waals surface area contributed by atoms with Crippen LogP contribution in [0.2, 0.25) is 0 Å². The van der Waals surface area contributed by atoms with Gasteiger partial charge in [0.25, 0.3) is 0 Å². The Morgan fingerprint density at radius 3 is 2.81 bits per heavy atom. The molecular weight excluding hydrogens is 266 g/mol. The second-order valence-electron chi connectivity index (χ2n) is 4.49. The molecule has 1 saturated carbocycles. The zero-order chi connectivity index (χ0) is 11.3. The lowest BCUT2D eigenvalue weighted by molar-refractivity contribution is 0.544. The number of fused-ring (bicyclic) bond motifs is 1. The summed E-state index contributed by atoms with van der Waals surface area (Å²) in [5, 5.41) is 1.24. The van der Waals surface area contributed by atoms with E-state index in [0.717, 1.165) is 15.8 Å². The lowest BCUT2D eigenvalue weighted by Gasteiger charge is -2.00. The standard InChI is InChI=1S/C13H14BrNO/c1-7-2-5-9(14)12-11(8-3-4-8)10(6-15)16-13(7)12/h2,5,8H,3-4,6,15H2,1H3. The summed E-state index contributed by atoms with van der Waals surface area (Å²) in [4.78, 5) is 0. The number of rotatable bonds is 2. The van der Waals surface area contributed by atoms with Crippen LogP contribution in [0.25, 0.3) is 11.0 Å². The summed E-state index contributed by atoms with van der Waals surface area (Å²) in [6, 6.07) is 4.17. The lowest BCUT2D eigenvalue weighted by Crippen LogP contribution is -1.97. The molecule has 1 aliphatic rings. The smallest absolute Gasteiger partial charge is 0.138 e. The molecule has 3 rings (SSSR count). The second-order valence-corrected chi connectivity index (χ2v) is 5.34. The Labute approximate surface area is 103 Å². The predicted molar refractivity (Wildman–Crippen MR) is 68.5 cm³/mol. The minimum absolute atomic E-state index is 0.492. The third-order valence-corrected chi connectivity index (χ3v) is 3.93. The van der Waals surface area contributed by atoms with Gasteiger partial charge in [0.2, 0.25) is 0 Å². The molecule has 2 aromatic rings. The molecule has 0 spiro atoms. The zero-order valence-corrected chi connectivity index (χ0v) is 10.8. The van der Waals surface area contributed by atoms with Crippen LogP contribution in [0.5, 0.6) is 0 Å². The van der Waals surface area contributed by atoms with Gasteiger partial charge in [0, 0.05) is 15.4 Å². The Hall–Kier alpha value is -0.800. The summed E-state index contributed by atoms with van der Waals surface area (Å²) in [5.41, 5.74) is 9.29. The van der Waals surface area contributed by atoms with E-state index in [9.17, 15) is 0 Å². The molecule has 3 heteroatoms. The van der Waals surface area contributed by atoms with E-state index in [0.29, 0.717) is 12.5 Å². The SMILES string of the molecule is Cc1ccc(Br)c2c(C3CC3)c(CN)oc12. The van der Waals surface area contributed by atoms with E-state index in [2.05, 4.69) is 35.0 Å². The number of aryl methyl sites for hydroxylation is 1. The fraction of sp³-hybridized carbons (Fsp3) is 0.385. The molecule has 0 unspecified atom stereocenters. The Kier molecular flexibility index (Phi) is 2.33. The highest BCUT2D eigenvalue weighted by molar-refractivity contribution is 9.10. The topological polar surface area (TPSA) is 39.2 Å². The van der Waals surface area contributed by atoms with Crippen molar-refractivity contribution >= 4 is 26.9 Å². The van der Waals surface area contributed by atoms with Crippen molar-refractivity contribution < 1.29 is 4.42 Å². The summed E-state index contributed by atoms with van der Waals surface area (Å²) < 4.78 is 7.03. The molecule has 2 N–H and O–H groups in total. The van der Waals surface area contributed by atoms with Gasteiger partial charge in [-0.15, -0.1) is 0 Å². The van der Waals surface area contributed by atoms with Crippen molar-refractivity contribution in [1.82, 2.24) is 0 Å². The highest BCUT2D eigenvalue weighted by atomic mass is 79.9. The van der Waals surface area contributed by atoms with E-state index in [1.165, 1.54) is 29.4 Å². The second kappa shape index (κ2) is 3.60. The third-order valence-electron chi connectivity index (χ3n) is 3.27. The van der Waals surface area contributed by atoms with Crippen molar-refractivity contribution in [3.8, 4) is 0 Å². The fourth-order valence-electron chi connectivity index (χ4n) is 2.32. The predicted octanol–water partition coefficient (Wildman–Crippen LogP) is 3.84. The van der Waals surface area contributed by atoms with Crippen molar-refractivity contribution in [3.05, 3.63) is 33.5 Å². The Balaban J connectivity index is 2.39. The maximum absolute atomic E-state index is 5.91. The molecule has 84 valence electrons. The van der Waals surface area contributed by atoms with E-state index in [1.807, 2.05) is 0 Å². The van der Waals surface area contributed by atoms with Crippen LogP contribution in [0, 0.1) is 6.92 Å². The normalized spacial score (nSPS) is 15.9. The molecule has 0 radical (unpaired) electrons.